The number of carbonyl (C=O) groups is 2. The Morgan fingerprint density at radius 1 is 0.809 bits per heavy atom. The maximum atomic E-state index is 12.8. The second-order valence-electron chi connectivity index (χ2n) is 9.73. The highest BCUT2D eigenvalue weighted by atomic mass is 32.2. The number of nitrogen functional groups attached to an aromatic ring is 1. The van der Waals surface area contributed by atoms with E-state index in [2.05, 4.69) is 30.5 Å². The average Bonchev–Trinajstić information content (AvgIpc) is 3.46. The summed E-state index contributed by atoms with van der Waals surface area (Å²) in [4.78, 5) is 52.1. The fourth-order valence-electron chi connectivity index (χ4n) is 4.46. The number of hydrogen-bond donors (Lipinski definition) is 4. The third-order valence-corrected chi connectivity index (χ3v) is 9.86. The van der Waals surface area contributed by atoms with Crippen LogP contribution in [0.4, 0.5) is 28.6 Å². The monoisotopic (exact) mass is 676 g/mol. The minimum atomic E-state index is -4.50. The van der Waals surface area contributed by atoms with Gasteiger partial charge in [-0.1, -0.05) is 30.3 Å². The Hall–Kier alpha value is -6.28. The first kappa shape index (κ1) is 30.7. The minimum Gasteiger partial charge on any atom is -0.382 e. The van der Waals surface area contributed by atoms with Gasteiger partial charge in [-0.2, -0.15) is 10.2 Å². The summed E-state index contributed by atoms with van der Waals surface area (Å²) in [5, 5.41) is 18.0. The van der Waals surface area contributed by atoms with E-state index in [0.717, 1.165) is 16.6 Å². The average molecular weight is 677 g/mol. The normalized spacial score (nSPS) is 14.3. The van der Waals surface area contributed by atoms with Crippen molar-refractivity contribution < 1.29 is 26.4 Å². The van der Waals surface area contributed by atoms with E-state index in [1.807, 2.05) is 0 Å². The molecule has 2 amide bonds. The standard InChI is InChI=1S/C27H20N10O8S2/c28-23-21(32-30-15-6-2-1-3-7-15)25(39)29-24-22(26(40)34-37(23)24)33-31-16-10-12-17(13-11-16)46(42,43)35-20(38)14-36-27(41)18-8-4-5-9-19(18)47(36,44)45/h1-13H,14,28H2,(H,29,39)(H,34,40)(H,35,38). The molecule has 0 saturated heterocycles. The first-order chi connectivity index (χ1) is 22.4. The molecule has 5 N–H and O–H groups in total. The van der Waals surface area contributed by atoms with Crippen LogP contribution in [-0.4, -0.2) is 54.1 Å². The lowest BCUT2D eigenvalue weighted by Crippen LogP contribution is -2.42. The first-order valence-electron chi connectivity index (χ1n) is 13.2. The second-order valence-corrected chi connectivity index (χ2v) is 13.2. The van der Waals surface area contributed by atoms with Crippen LogP contribution in [0.25, 0.3) is 5.65 Å². The van der Waals surface area contributed by atoms with E-state index in [1.165, 1.54) is 36.4 Å². The minimum absolute atomic E-state index is 0.0733. The Kier molecular flexibility index (Phi) is 7.57. The highest BCUT2D eigenvalue weighted by Crippen LogP contribution is 2.30. The summed E-state index contributed by atoms with van der Waals surface area (Å²) in [6.45, 7) is -1.06. The third-order valence-electron chi connectivity index (χ3n) is 6.69. The van der Waals surface area contributed by atoms with Gasteiger partial charge in [0.25, 0.3) is 43.0 Å². The summed E-state index contributed by atoms with van der Waals surface area (Å²) >= 11 is 0. The van der Waals surface area contributed by atoms with Gasteiger partial charge in [-0.25, -0.2) is 30.4 Å². The largest absolute Gasteiger partial charge is 0.382 e. The van der Waals surface area contributed by atoms with Crippen LogP contribution in [0.2, 0.25) is 0 Å². The zero-order valence-electron chi connectivity index (χ0n) is 23.6. The molecular formula is C27H20N10O8S2. The molecule has 0 aliphatic carbocycles. The molecule has 3 heterocycles. The number of carbonyl (C=O) groups excluding carboxylic acids is 2. The van der Waals surface area contributed by atoms with E-state index in [4.69, 9.17) is 5.73 Å². The van der Waals surface area contributed by atoms with Crippen molar-refractivity contribution in [1.29, 1.82) is 0 Å². The number of hydrogen-bond acceptors (Lipinski definition) is 13. The topological polar surface area (TPSA) is 263 Å². The lowest BCUT2D eigenvalue weighted by molar-refractivity contribution is -0.119. The molecule has 2 aromatic heterocycles. The van der Waals surface area contributed by atoms with Gasteiger partial charge in [0.1, 0.15) is 11.4 Å². The van der Waals surface area contributed by atoms with Crippen molar-refractivity contribution in [3.63, 3.8) is 0 Å². The highest BCUT2D eigenvalue weighted by Gasteiger charge is 2.42. The number of fused-ring (bicyclic) bond motifs is 2. The van der Waals surface area contributed by atoms with Gasteiger partial charge in [-0.05, 0) is 48.5 Å². The van der Waals surface area contributed by atoms with Crippen molar-refractivity contribution in [3.05, 3.63) is 105 Å². The van der Waals surface area contributed by atoms with E-state index >= 15 is 0 Å². The Labute approximate surface area is 263 Å². The van der Waals surface area contributed by atoms with Gasteiger partial charge in [0.05, 0.1) is 21.8 Å². The van der Waals surface area contributed by atoms with Crippen LogP contribution < -0.4 is 21.6 Å². The maximum absolute atomic E-state index is 12.8. The van der Waals surface area contributed by atoms with Gasteiger partial charge < -0.3 is 10.7 Å². The van der Waals surface area contributed by atoms with Crippen LogP contribution in [0.3, 0.4) is 0 Å². The molecule has 0 spiro atoms. The smallest absolute Gasteiger partial charge is 0.294 e. The van der Waals surface area contributed by atoms with Crippen molar-refractivity contribution in [2.75, 3.05) is 12.3 Å². The number of sulfonamides is 2. The number of amides is 2. The molecule has 1 aliphatic heterocycles. The molecule has 3 aromatic carbocycles. The quantitative estimate of drug-likeness (QED) is 0.176. The maximum Gasteiger partial charge on any atom is 0.294 e. The van der Waals surface area contributed by atoms with Crippen molar-refractivity contribution in [2.45, 2.75) is 9.79 Å². The predicted octanol–water partition coefficient (Wildman–Crippen LogP) is 2.38. The Balaban J connectivity index is 1.17. The van der Waals surface area contributed by atoms with E-state index in [1.54, 1.807) is 35.1 Å². The molecule has 6 rings (SSSR count). The van der Waals surface area contributed by atoms with Crippen molar-refractivity contribution in [1.82, 2.24) is 23.6 Å². The molecule has 0 atom stereocenters. The predicted molar refractivity (Wildman–Crippen MR) is 164 cm³/mol. The second kappa shape index (κ2) is 11.6. The Bertz CT molecular complexity index is 2490. The van der Waals surface area contributed by atoms with Crippen LogP contribution in [0.5, 0.6) is 0 Å². The van der Waals surface area contributed by atoms with E-state index in [9.17, 15) is 36.0 Å². The van der Waals surface area contributed by atoms with Gasteiger partial charge in [0.2, 0.25) is 0 Å². The zero-order valence-corrected chi connectivity index (χ0v) is 25.2. The van der Waals surface area contributed by atoms with E-state index < -0.39 is 54.4 Å². The first-order valence-corrected chi connectivity index (χ1v) is 16.2. The molecule has 0 unspecified atom stereocenters. The number of azo groups is 2. The Morgan fingerprint density at radius 2 is 1.43 bits per heavy atom. The van der Waals surface area contributed by atoms with Gasteiger partial charge in [-0.3, -0.25) is 24.3 Å². The number of rotatable bonds is 8. The summed E-state index contributed by atoms with van der Waals surface area (Å²) in [5.41, 5.74) is 4.23. The number of anilines is 1. The number of nitrogens with zero attached hydrogens (tertiary/aromatic N) is 6. The van der Waals surface area contributed by atoms with Gasteiger partial charge in [0.15, 0.2) is 22.8 Å². The zero-order chi connectivity index (χ0) is 33.5. The summed E-state index contributed by atoms with van der Waals surface area (Å²) in [7, 11) is -8.84. The summed E-state index contributed by atoms with van der Waals surface area (Å²) in [5.74, 6) is -2.45. The number of benzene rings is 3. The molecular weight excluding hydrogens is 656 g/mol. The van der Waals surface area contributed by atoms with Crippen LogP contribution in [0.15, 0.2) is 119 Å². The molecule has 1 aliphatic rings. The molecule has 0 fully saturated rings. The SMILES string of the molecule is Nc1c(N=Nc2ccccc2)c(=O)[nH]c2c(N=Nc3ccc(S(=O)(=O)NC(=O)CN4C(=O)c5ccccc5S4(=O)=O)cc3)c(=O)[nH]n12. The fourth-order valence-corrected chi connectivity index (χ4v) is 6.96. The number of H-pyrrole nitrogens is 2. The summed E-state index contributed by atoms with van der Waals surface area (Å²) in [6.07, 6.45) is 0. The van der Waals surface area contributed by atoms with Crippen LogP contribution in [-0.2, 0) is 24.8 Å². The lowest BCUT2D eigenvalue weighted by atomic mass is 10.2. The molecule has 0 radical (unpaired) electrons. The number of aromatic nitrogens is 3. The van der Waals surface area contributed by atoms with Gasteiger partial charge in [0, 0.05) is 0 Å². The van der Waals surface area contributed by atoms with Crippen LogP contribution in [0.1, 0.15) is 10.4 Å². The number of nitrogens with one attached hydrogen (secondary N) is 3. The number of aromatic amines is 2. The molecule has 47 heavy (non-hydrogen) atoms. The van der Waals surface area contributed by atoms with Crippen LogP contribution in [0, 0.1) is 0 Å². The summed E-state index contributed by atoms with van der Waals surface area (Å²) in [6, 6.07) is 18.5. The molecule has 238 valence electrons. The van der Waals surface area contributed by atoms with Gasteiger partial charge >= 0.3 is 0 Å². The Morgan fingerprint density at radius 3 is 2.11 bits per heavy atom. The van der Waals surface area contributed by atoms with Crippen molar-refractivity contribution in [2.24, 2.45) is 20.5 Å². The molecule has 0 saturated carbocycles. The fraction of sp³-hybridized carbons (Fsp3) is 0.0370. The third kappa shape index (κ3) is 5.68. The van der Waals surface area contributed by atoms with Gasteiger partial charge in [-0.15, -0.1) is 10.2 Å². The molecule has 5 aromatic rings. The van der Waals surface area contributed by atoms with Crippen molar-refractivity contribution >= 4 is 66.1 Å². The highest BCUT2D eigenvalue weighted by molar-refractivity contribution is 7.90. The lowest BCUT2D eigenvalue weighted by Gasteiger charge is -2.15. The van der Waals surface area contributed by atoms with E-state index in [-0.39, 0.29) is 43.3 Å². The van der Waals surface area contributed by atoms with Crippen molar-refractivity contribution in [3.8, 4) is 0 Å². The molecule has 18 nitrogen and oxygen atoms in total. The molecule has 0 bridgehead atoms. The number of nitrogens with two attached hydrogens (primary N) is 1. The summed E-state index contributed by atoms with van der Waals surface area (Å²) < 4.78 is 54.0. The molecule has 20 heteroatoms. The van der Waals surface area contributed by atoms with E-state index in [0.29, 0.717) is 5.69 Å². The van der Waals surface area contributed by atoms with Crippen LogP contribution >= 0.6 is 0 Å².